The monoisotopic (exact) mass is 384 g/mol. The molecule has 26 heavy (non-hydrogen) atoms. The Morgan fingerprint density at radius 2 is 2.00 bits per heavy atom. The molecule has 0 fully saturated rings. The molecule has 0 bridgehead atoms. The molecular formula is C17H16N6OS2. The predicted molar refractivity (Wildman–Crippen MR) is 99.8 cm³/mol. The maximum Gasteiger partial charge on any atom is 0.247 e. The van der Waals surface area contributed by atoms with Crippen LogP contribution < -0.4 is 0 Å². The van der Waals surface area contributed by atoms with Gasteiger partial charge in [0.2, 0.25) is 16.9 Å². The van der Waals surface area contributed by atoms with Gasteiger partial charge in [0, 0.05) is 16.9 Å². The lowest BCUT2D eigenvalue weighted by molar-refractivity contribution is 0.507. The van der Waals surface area contributed by atoms with Gasteiger partial charge in [-0.05, 0) is 40.9 Å². The van der Waals surface area contributed by atoms with Crippen molar-refractivity contribution in [2.45, 2.75) is 30.3 Å². The van der Waals surface area contributed by atoms with E-state index < -0.39 is 0 Å². The number of rotatable bonds is 7. The van der Waals surface area contributed by atoms with Crippen molar-refractivity contribution < 1.29 is 4.42 Å². The third kappa shape index (κ3) is 3.83. The van der Waals surface area contributed by atoms with E-state index in [2.05, 4.69) is 43.2 Å². The molecule has 1 unspecified atom stereocenters. The summed E-state index contributed by atoms with van der Waals surface area (Å²) >= 11 is 3.25. The van der Waals surface area contributed by atoms with E-state index in [0.29, 0.717) is 11.8 Å². The van der Waals surface area contributed by atoms with Gasteiger partial charge in [-0.3, -0.25) is 0 Å². The Labute approximate surface area is 158 Å². The van der Waals surface area contributed by atoms with Crippen LogP contribution in [0.3, 0.4) is 0 Å². The van der Waals surface area contributed by atoms with Crippen molar-refractivity contribution in [3.05, 3.63) is 58.6 Å². The molecule has 0 aliphatic heterocycles. The third-order valence-corrected chi connectivity index (χ3v) is 5.74. The number of thioether (sulfide) groups is 1. The number of aromatic nitrogens is 6. The van der Waals surface area contributed by atoms with E-state index in [1.54, 1.807) is 11.3 Å². The van der Waals surface area contributed by atoms with Crippen LogP contribution in [0.2, 0.25) is 0 Å². The van der Waals surface area contributed by atoms with E-state index in [4.69, 9.17) is 4.42 Å². The van der Waals surface area contributed by atoms with E-state index >= 15 is 0 Å². The number of hydrogen-bond acceptors (Lipinski definition) is 8. The number of aryl methyl sites for hydroxylation is 2. The van der Waals surface area contributed by atoms with E-state index in [9.17, 15) is 0 Å². The minimum absolute atomic E-state index is 0.0496. The summed E-state index contributed by atoms with van der Waals surface area (Å²) in [6, 6.07) is 13.9. The van der Waals surface area contributed by atoms with Gasteiger partial charge >= 0.3 is 0 Å². The van der Waals surface area contributed by atoms with Crippen LogP contribution >= 0.6 is 23.1 Å². The van der Waals surface area contributed by atoms with Gasteiger partial charge in [0.1, 0.15) is 0 Å². The van der Waals surface area contributed by atoms with Crippen LogP contribution in [0, 0.1) is 0 Å². The lowest BCUT2D eigenvalue weighted by Gasteiger charge is -2.06. The Kier molecular flexibility index (Phi) is 5.07. The van der Waals surface area contributed by atoms with Crippen molar-refractivity contribution in [2.75, 3.05) is 0 Å². The predicted octanol–water partition coefficient (Wildman–Crippen LogP) is 3.88. The molecule has 0 aliphatic carbocycles. The molecule has 0 spiro atoms. The Balaban J connectivity index is 1.43. The van der Waals surface area contributed by atoms with E-state index in [1.165, 1.54) is 16.6 Å². The van der Waals surface area contributed by atoms with Crippen LogP contribution in [-0.2, 0) is 13.0 Å². The van der Waals surface area contributed by atoms with Gasteiger partial charge in [-0.15, -0.1) is 26.6 Å². The highest BCUT2D eigenvalue weighted by atomic mass is 32.2. The number of tetrazole rings is 1. The average molecular weight is 384 g/mol. The Hall–Kier alpha value is -2.52. The summed E-state index contributed by atoms with van der Waals surface area (Å²) in [6.07, 6.45) is 0.906. The van der Waals surface area contributed by atoms with Crippen molar-refractivity contribution in [3.8, 4) is 11.5 Å². The molecular weight excluding hydrogens is 368 g/mol. The Bertz CT molecular complexity index is 951. The first-order valence-electron chi connectivity index (χ1n) is 8.13. The molecule has 0 amide bonds. The highest BCUT2D eigenvalue weighted by Gasteiger charge is 2.19. The molecule has 132 valence electrons. The second-order valence-corrected chi connectivity index (χ2v) is 7.93. The lowest BCUT2D eigenvalue weighted by Crippen LogP contribution is -2.05. The molecule has 0 saturated heterocycles. The molecule has 9 heteroatoms. The Morgan fingerprint density at radius 1 is 1.12 bits per heavy atom. The van der Waals surface area contributed by atoms with Crippen molar-refractivity contribution in [2.24, 2.45) is 0 Å². The molecule has 3 heterocycles. The first-order valence-corrected chi connectivity index (χ1v) is 9.89. The number of benzene rings is 1. The zero-order valence-electron chi connectivity index (χ0n) is 14.0. The van der Waals surface area contributed by atoms with Gasteiger partial charge in [0.15, 0.2) is 0 Å². The third-order valence-electron chi connectivity index (χ3n) is 3.74. The topological polar surface area (TPSA) is 82.5 Å². The van der Waals surface area contributed by atoms with Gasteiger partial charge in [0.25, 0.3) is 0 Å². The molecule has 0 radical (unpaired) electrons. The molecule has 4 aromatic rings. The summed E-state index contributed by atoms with van der Waals surface area (Å²) in [5.74, 6) is 1.08. The largest absolute Gasteiger partial charge is 0.419 e. The van der Waals surface area contributed by atoms with E-state index in [0.717, 1.165) is 23.7 Å². The first-order chi connectivity index (χ1) is 12.8. The highest BCUT2D eigenvalue weighted by molar-refractivity contribution is 7.99. The molecule has 1 aromatic carbocycles. The smallest absolute Gasteiger partial charge is 0.247 e. The maximum absolute atomic E-state index is 5.82. The second-order valence-electron chi connectivity index (χ2n) is 5.59. The van der Waals surface area contributed by atoms with Crippen molar-refractivity contribution in [3.63, 3.8) is 0 Å². The van der Waals surface area contributed by atoms with Gasteiger partial charge < -0.3 is 4.42 Å². The quantitative estimate of drug-likeness (QED) is 0.447. The van der Waals surface area contributed by atoms with Gasteiger partial charge in [-0.25, -0.2) is 4.68 Å². The summed E-state index contributed by atoms with van der Waals surface area (Å²) < 4.78 is 7.63. The van der Waals surface area contributed by atoms with Crippen LogP contribution in [0.4, 0.5) is 0 Å². The van der Waals surface area contributed by atoms with Crippen molar-refractivity contribution in [1.29, 1.82) is 0 Å². The zero-order valence-corrected chi connectivity index (χ0v) is 15.7. The summed E-state index contributed by atoms with van der Waals surface area (Å²) in [5.41, 5.74) is 0.907. The van der Waals surface area contributed by atoms with Crippen LogP contribution in [0.15, 0.2) is 57.4 Å². The molecule has 7 nitrogen and oxygen atoms in total. The molecule has 4 rings (SSSR count). The van der Waals surface area contributed by atoms with E-state index in [1.807, 2.05) is 41.9 Å². The molecule has 3 aromatic heterocycles. The van der Waals surface area contributed by atoms with Crippen LogP contribution in [0.5, 0.6) is 0 Å². The molecule has 0 N–H and O–H groups in total. The van der Waals surface area contributed by atoms with Gasteiger partial charge in [0.05, 0.1) is 11.8 Å². The zero-order chi connectivity index (χ0) is 17.8. The van der Waals surface area contributed by atoms with Gasteiger partial charge in [-0.2, -0.15) is 0 Å². The second kappa shape index (κ2) is 7.79. The summed E-state index contributed by atoms with van der Waals surface area (Å²) in [4.78, 5) is 1.31. The summed E-state index contributed by atoms with van der Waals surface area (Å²) in [7, 11) is 0. The summed E-state index contributed by atoms with van der Waals surface area (Å²) in [6.45, 7) is 2.74. The van der Waals surface area contributed by atoms with Crippen molar-refractivity contribution >= 4 is 23.1 Å². The fourth-order valence-electron chi connectivity index (χ4n) is 2.40. The first kappa shape index (κ1) is 16.9. The normalized spacial score (nSPS) is 12.3. The minimum Gasteiger partial charge on any atom is -0.419 e. The number of hydrogen-bond donors (Lipinski definition) is 0. The lowest BCUT2D eigenvalue weighted by atomic mass is 10.2. The van der Waals surface area contributed by atoms with Crippen LogP contribution in [0.1, 0.15) is 22.9 Å². The highest BCUT2D eigenvalue weighted by Crippen LogP contribution is 2.33. The van der Waals surface area contributed by atoms with Gasteiger partial charge in [-0.1, -0.05) is 36.0 Å². The standard InChI is InChI=1S/C17H16N6OS2/c1-12(15-18-19-16(24-15)13-6-3-2-4-7-13)26-17-20-21-22-23(17)10-9-14-8-5-11-25-14/h2-8,11-12H,9-10H2,1H3. The Morgan fingerprint density at radius 3 is 2.81 bits per heavy atom. The molecule has 0 saturated carbocycles. The molecule has 0 aliphatic rings. The number of nitrogens with zero attached hydrogens (tertiary/aromatic N) is 6. The van der Waals surface area contributed by atoms with Crippen molar-refractivity contribution in [1.82, 2.24) is 30.4 Å². The fraction of sp³-hybridized carbons (Fsp3) is 0.235. The SMILES string of the molecule is CC(Sc1nnnn1CCc1cccs1)c1nnc(-c2ccccc2)o1. The number of thiophene rings is 1. The van der Waals surface area contributed by atoms with Crippen LogP contribution in [-0.4, -0.2) is 30.4 Å². The molecule has 1 atom stereocenters. The minimum atomic E-state index is -0.0496. The fourth-order valence-corrected chi connectivity index (χ4v) is 3.94. The van der Waals surface area contributed by atoms with E-state index in [-0.39, 0.29) is 5.25 Å². The maximum atomic E-state index is 5.82. The summed E-state index contributed by atoms with van der Waals surface area (Å²) in [5, 5.41) is 23.1. The van der Waals surface area contributed by atoms with Crippen LogP contribution in [0.25, 0.3) is 11.5 Å². The average Bonchev–Trinajstić information content (AvgIpc) is 3.42.